The van der Waals surface area contributed by atoms with Gasteiger partial charge < -0.3 is 0 Å². The number of Topliss-reactive ketones (excluding diaryl/α,β-unsaturated/α-hetero) is 1. The molecule has 0 saturated carbocycles. The fourth-order valence-corrected chi connectivity index (χ4v) is 3.15. The highest BCUT2D eigenvalue weighted by Crippen LogP contribution is 2.35. The van der Waals surface area contributed by atoms with Gasteiger partial charge in [-0.05, 0) is 11.6 Å². The van der Waals surface area contributed by atoms with E-state index in [-0.39, 0.29) is 5.78 Å². The van der Waals surface area contributed by atoms with Crippen LogP contribution in [0.2, 0.25) is 8.67 Å². The van der Waals surface area contributed by atoms with Crippen molar-refractivity contribution in [1.82, 2.24) is 0 Å². The number of carbonyl (C=O) groups excluding carboxylic acids is 1. The Bertz CT molecular complexity index is 536. The van der Waals surface area contributed by atoms with E-state index in [2.05, 4.69) is 0 Å². The predicted octanol–water partition coefficient (Wildman–Crippen LogP) is 5.22. The number of hydrogen-bond donors (Lipinski definition) is 0. The van der Waals surface area contributed by atoms with Crippen molar-refractivity contribution < 1.29 is 4.79 Å². The van der Waals surface area contributed by atoms with E-state index in [1.54, 1.807) is 18.2 Å². The fraction of sp³-hybridized carbons (Fsp3) is 0.0833. The molecule has 0 aliphatic carbocycles. The van der Waals surface area contributed by atoms with Gasteiger partial charge in [0.25, 0.3) is 0 Å². The Labute approximate surface area is 118 Å². The highest BCUT2D eigenvalue weighted by molar-refractivity contribution is 7.20. The molecular weight excluding hydrogens is 299 g/mol. The second-order valence-electron chi connectivity index (χ2n) is 3.38. The monoisotopic (exact) mass is 304 g/mol. The molecule has 0 bridgehead atoms. The van der Waals surface area contributed by atoms with E-state index in [1.807, 2.05) is 18.2 Å². The zero-order valence-electron chi connectivity index (χ0n) is 8.49. The van der Waals surface area contributed by atoms with E-state index < -0.39 is 5.38 Å². The summed E-state index contributed by atoms with van der Waals surface area (Å²) in [4.78, 5) is 12.1. The number of ketones is 1. The van der Waals surface area contributed by atoms with Gasteiger partial charge in [-0.3, -0.25) is 4.79 Å². The molecule has 0 saturated heterocycles. The van der Waals surface area contributed by atoms with Crippen molar-refractivity contribution in [2.24, 2.45) is 0 Å². The first kappa shape index (κ1) is 12.9. The minimum Gasteiger partial charge on any atom is -0.292 e. The van der Waals surface area contributed by atoms with Crippen LogP contribution in [-0.4, -0.2) is 5.78 Å². The largest absolute Gasteiger partial charge is 0.292 e. The van der Waals surface area contributed by atoms with Crippen LogP contribution in [0.3, 0.4) is 0 Å². The molecule has 0 aliphatic rings. The van der Waals surface area contributed by atoms with Crippen LogP contribution in [-0.2, 0) is 0 Å². The van der Waals surface area contributed by atoms with Crippen molar-refractivity contribution >= 4 is 51.9 Å². The van der Waals surface area contributed by atoms with E-state index in [9.17, 15) is 4.79 Å². The van der Waals surface area contributed by atoms with Gasteiger partial charge in [-0.2, -0.15) is 0 Å². The van der Waals surface area contributed by atoms with Gasteiger partial charge in [0.05, 0.1) is 9.90 Å². The van der Waals surface area contributed by atoms with Gasteiger partial charge in [-0.1, -0.05) is 53.5 Å². The second-order valence-corrected chi connectivity index (χ2v) is 6.10. The molecule has 1 aromatic carbocycles. The Balaban J connectivity index is 2.30. The van der Waals surface area contributed by atoms with Crippen molar-refractivity contribution in [3.8, 4) is 0 Å². The van der Waals surface area contributed by atoms with Crippen molar-refractivity contribution in [1.29, 1.82) is 0 Å². The summed E-state index contributed by atoms with van der Waals surface area (Å²) >= 11 is 19.0. The van der Waals surface area contributed by atoms with Gasteiger partial charge in [-0.15, -0.1) is 22.9 Å². The summed E-state index contributed by atoms with van der Waals surface area (Å²) in [7, 11) is 0. The SMILES string of the molecule is O=C(c1cc(Cl)sc1Cl)C(Cl)c1ccccc1. The lowest BCUT2D eigenvalue weighted by Gasteiger charge is -2.07. The molecule has 0 N–H and O–H groups in total. The standard InChI is InChI=1S/C12H7Cl3OS/c13-9-6-8(12(15)17-9)11(16)10(14)7-4-2-1-3-5-7/h1-6,10H. The van der Waals surface area contributed by atoms with Crippen LogP contribution in [0.4, 0.5) is 0 Å². The van der Waals surface area contributed by atoms with Crippen LogP contribution in [0, 0.1) is 0 Å². The van der Waals surface area contributed by atoms with Gasteiger partial charge in [0, 0.05) is 0 Å². The average Bonchev–Trinajstić information content (AvgIpc) is 2.68. The van der Waals surface area contributed by atoms with Crippen LogP contribution in [0.25, 0.3) is 0 Å². The van der Waals surface area contributed by atoms with Crippen LogP contribution in [0.5, 0.6) is 0 Å². The van der Waals surface area contributed by atoms with Gasteiger partial charge in [-0.25, -0.2) is 0 Å². The lowest BCUT2D eigenvalue weighted by molar-refractivity contribution is 0.0987. The third kappa shape index (κ3) is 2.83. The molecule has 2 aromatic rings. The van der Waals surface area contributed by atoms with Crippen molar-refractivity contribution in [2.75, 3.05) is 0 Å². The van der Waals surface area contributed by atoms with Crippen LogP contribution < -0.4 is 0 Å². The maximum Gasteiger partial charge on any atom is 0.187 e. The van der Waals surface area contributed by atoms with Crippen molar-refractivity contribution in [3.63, 3.8) is 0 Å². The predicted molar refractivity (Wildman–Crippen MR) is 73.7 cm³/mol. The first-order chi connectivity index (χ1) is 8.09. The Kier molecular flexibility index (Phi) is 4.10. The first-order valence-electron chi connectivity index (χ1n) is 4.77. The summed E-state index contributed by atoms with van der Waals surface area (Å²) in [6.45, 7) is 0. The van der Waals surface area contributed by atoms with Gasteiger partial charge in [0.1, 0.15) is 9.71 Å². The number of carbonyl (C=O) groups is 1. The summed E-state index contributed by atoms with van der Waals surface area (Å²) < 4.78 is 0.858. The number of hydrogen-bond acceptors (Lipinski definition) is 2. The molecule has 1 heterocycles. The third-order valence-corrected chi connectivity index (χ3v) is 4.18. The van der Waals surface area contributed by atoms with Gasteiger partial charge >= 0.3 is 0 Å². The zero-order chi connectivity index (χ0) is 12.4. The van der Waals surface area contributed by atoms with E-state index in [1.165, 1.54) is 0 Å². The van der Waals surface area contributed by atoms with E-state index in [0.29, 0.717) is 14.2 Å². The van der Waals surface area contributed by atoms with E-state index in [0.717, 1.165) is 16.9 Å². The third-order valence-electron chi connectivity index (χ3n) is 2.24. The summed E-state index contributed by atoms with van der Waals surface area (Å²) in [5.41, 5.74) is 1.13. The molecule has 0 aliphatic heterocycles. The van der Waals surface area contributed by atoms with Crippen molar-refractivity contribution in [2.45, 2.75) is 5.38 Å². The average molecular weight is 306 g/mol. The normalized spacial score (nSPS) is 12.4. The Hall–Kier alpha value is -0.540. The van der Waals surface area contributed by atoms with E-state index >= 15 is 0 Å². The van der Waals surface area contributed by atoms with E-state index in [4.69, 9.17) is 34.8 Å². The summed E-state index contributed by atoms with van der Waals surface area (Å²) in [5, 5.41) is -0.737. The summed E-state index contributed by atoms with van der Waals surface area (Å²) in [5.74, 6) is -0.231. The van der Waals surface area contributed by atoms with Gasteiger partial charge in [0.15, 0.2) is 5.78 Å². The lowest BCUT2D eigenvalue weighted by atomic mass is 10.1. The molecule has 0 radical (unpaired) electrons. The fourth-order valence-electron chi connectivity index (χ4n) is 1.42. The number of halogens is 3. The molecule has 5 heteroatoms. The minimum absolute atomic E-state index is 0.231. The highest BCUT2D eigenvalue weighted by atomic mass is 35.5. The molecule has 0 spiro atoms. The first-order valence-corrected chi connectivity index (χ1v) is 6.78. The Morgan fingerprint density at radius 3 is 2.35 bits per heavy atom. The molecule has 17 heavy (non-hydrogen) atoms. The molecule has 1 aromatic heterocycles. The lowest BCUT2D eigenvalue weighted by Crippen LogP contribution is -2.06. The van der Waals surface area contributed by atoms with Crippen LogP contribution in [0.15, 0.2) is 36.4 Å². The number of benzene rings is 1. The van der Waals surface area contributed by atoms with Crippen LogP contribution >= 0.6 is 46.1 Å². The quantitative estimate of drug-likeness (QED) is 0.561. The molecule has 2 rings (SSSR count). The molecule has 0 fully saturated rings. The molecular formula is C12H7Cl3OS. The van der Waals surface area contributed by atoms with Crippen LogP contribution in [0.1, 0.15) is 21.3 Å². The minimum atomic E-state index is -0.737. The molecule has 1 unspecified atom stereocenters. The molecule has 88 valence electrons. The highest BCUT2D eigenvalue weighted by Gasteiger charge is 2.23. The maximum atomic E-state index is 12.1. The topological polar surface area (TPSA) is 17.1 Å². The Morgan fingerprint density at radius 1 is 1.18 bits per heavy atom. The number of rotatable bonds is 3. The maximum absolute atomic E-state index is 12.1. The second kappa shape index (κ2) is 5.40. The zero-order valence-corrected chi connectivity index (χ0v) is 11.6. The van der Waals surface area contributed by atoms with Crippen molar-refractivity contribution in [3.05, 3.63) is 56.2 Å². The summed E-state index contributed by atoms with van der Waals surface area (Å²) in [6, 6.07) is 10.7. The Morgan fingerprint density at radius 2 is 1.82 bits per heavy atom. The number of thiophene rings is 1. The molecule has 1 atom stereocenters. The molecule has 1 nitrogen and oxygen atoms in total. The van der Waals surface area contributed by atoms with Gasteiger partial charge in [0.2, 0.25) is 0 Å². The summed E-state index contributed by atoms with van der Waals surface area (Å²) in [6.07, 6.45) is 0. The number of alkyl halides is 1. The molecule has 0 amide bonds. The smallest absolute Gasteiger partial charge is 0.187 e.